The predicted molar refractivity (Wildman–Crippen MR) is 98.9 cm³/mol. The molecule has 3 rings (SSSR count). The van der Waals surface area contributed by atoms with Crippen molar-refractivity contribution in [2.24, 2.45) is 0 Å². The van der Waals surface area contributed by atoms with E-state index in [0.29, 0.717) is 11.3 Å². The van der Waals surface area contributed by atoms with E-state index in [4.69, 9.17) is 0 Å². The lowest BCUT2D eigenvalue weighted by Gasteiger charge is -2.13. The Morgan fingerprint density at radius 3 is 2.23 bits per heavy atom. The van der Waals surface area contributed by atoms with Crippen molar-refractivity contribution in [2.75, 3.05) is 11.9 Å². The summed E-state index contributed by atoms with van der Waals surface area (Å²) in [6.07, 6.45) is -0.125. The molecule has 2 aromatic carbocycles. The number of amides is 3. The standard InChI is InChI=1S/C19H16N2O4S/c22-15(13-7-3-1-4-8-13)12-21-18(24)16(26-19(21)25)11-17(23)20-14-9-5-2-6-10-14/h1-10,16H,11-12H2,(H,20,23)/t16-/m1/s1. The molecule has 1 fully saturated rings. The molecule has 0 spiro atoms. The molecule has 0 saturated carbocycles. The van der Waals surface area contributed by atoms with Gasteiger partial charge in [-0.05, 0) is 12.1 Å². The minimum atomic E-state index is -0.810. The Morgan fingerprint density at radius 1 is 0.962 bits per heavy atom. The monoisotopic (exact) mass is 368 g/mol. The topological polar surface area (TPSA) is 83.6 Å². The number of anilines is 1. The van der Waals surface area contributed by atoms with Crippen LogP contribution in [-0.2, 0) is 9.59 Å². The number of para-hydroxylation sites is 1. The van der Waals surface area contributed by atoms with Gasteiger partial charge in [0.05, 0.1) is 6.54 Å². The lowest BCUT2D eigenvalue weighted by Crippen LogP contribution is -2.36. The average Bonchev–Trinajstić information content (AvgIpc) is 2.90. The van der Waals surface area contributed by atoms with Crippen LogP contribution in [0, 0.1) is 0 Å². The van der Waals surface area contributed by atoms with E-state index in [1.54, 1.807) is 54.6 Å². The van der Waals surface area contributed by atoms with Crippen LogP contribution < -0.4 is 5.32 Å². The highest BCUT2D eigenvalue weighted by molar-refractivity contribution is 8.15. The predicted octanol–water partition coefficient (Wildman–Crippen LogP) is 2.96. The van der Waals surface area contributed by atoms with Crippen molar-refractivity contribution in [1.29, 1.82) is 0 Å². The van der Waals surface area contributed by atoms with Crippen LogP contribution in [0.25, 0.3) is 0 Å². The Kier molecular flexibility index (Phi) is 5.48. The summed E-state index contributed by atoms with van der Waals surface area (Å²) in [5, 5.41) is 1.37. The third kappa shape index (κ3) is 4.18. The van der Waals surface area contributed by atoms with E-state index in [9.17, 15) is 19.2 Å². The smallest absolute Gasteiger partial charge is 0.289 e. The maximum Gasteiger partial charge on any atom is 0.289 e. The number of hydrogen-bond donors (Lipinski definition) is 1. The van der Waals surface area contributed by atoms with Crippen LogP contribution in [0.3, 0.4) is 0 Å². The summed E-state index contributed by atoms with van der Waals surface area (Å²) in [6, 6.07) is 17.3. The van der Waals surface area contributed by atoms with Crippen LogP contribution >= 0.6 is 11.8 Å². The van der Waals surface area contributed by atoms with Crippen molar-refractivity contribution in [3.8, 4) is 0 Å². The van der Waals surface area contributed by atoms with Crippen LogP contribution in [0.1, 0.15) is 16.8 Å². The minimum Gasteiger partial charge on any atom is -0.326 e. The van der Waals surface area contributed by atoms with E-state index in [2.05, 4.69) is 5.32 Å². The molecule has 26 heavy (non-hydrogen) atoms. The third-order valence-corrected chi connectivity index (χ3v) is 4.91. The van der Waals surface area contributed by atoms with Crippen LogP contribution in [0.5, 0.6) is 0 Å². The van der Waals surface area contributed by atoms with Crippen molar-refractivity contribution in [1.82, 2.24) is 4.90 Å². The van der Waals surface area contributed by atoms with Gasteiger partial charge < -0.3 is 5.32 Å². The van der Waals surface area contributed by atoms with E-state index < -0.39 is 16.4 Å². The number of Topliss-reactive ketones (excluding diaryl/α,β-unsaturated/α-hetero) is 1. The number of rotatable bonds is 6. The molecule has 1 heterocycles. The SMILES string of the molecule is O=C(C[C@H]1SC(=O)N(CC(=O)c2ccccc2)C1=O)Nc1ccccc1. The summed E-state index contributed by atoms with van der Waals surface area (Å²) in [6.45, 7) is -0.314. The highest BCUT2D eigenvalue weighted by Crippen LogP contribution is 2.29. The van der Waals surface area contributed by atoms with Crippen molar-refractivity contribution in [3.63, 3.8) is 0 Å². The van der Waals surface area contributed by atoms with Crippen molar-refractivity contribution in [2.45, 2.75) is 11.7 Å². The number of benzene rings is 2. The summed E-state index contributed by atoms with van der Waals surface area (Å²) < 4.78 is 0. The lowest BCUT2D eigenvalue weighted by molar-refractivity contribution is -0.128. The van der Waals surface area contributed by atoms with Gasteiger partial charge in [-0.1, -0.05) is 60.3 Å². The summed E-state index contributed by atoms with van der Waals surface area (Å²) in [4.78, 5) is 49.8. The fraction of sp³-hybridized carbons (Fsp3) is 0.158. The largest absolute Gasteiger partial charge is 0.326 e. The molecule has 1 aliphatic heterocycles. The first-order chi connectivity index (χ1) is 12.5. The first kappa shape index (κ1) is 17.9. The first-order valence-corrected chi connectivity index (χ1v) is 8.87. The zero-order chi connectivity index (χ0) is 18.5. The van der Waals surface area contributed by atoms with E-state index in [1.165, 1.54) is 0 Å². The van der Waals surface area contributed by atoms with Gasteiger partial charge in [0.25, 0.3) is 5.24 Å². The van der Waals surface area contributed by atoms with Gasteiger partial charge in [0.2, 0.25) is 11.8 Å². The third-order valence-electron chi connectivity index (χ3n) is 3.83. The van der Waals surface area contributed by atoms with E-state index in [1.807, 2.05) is 6.07 Å². The van der Waals surface area contributed by atoms with Gasteiger partial charge in [0.15, 0.2) is 5.78 Å². The number of imide groups is 1. The second-order valence-electron chi connectivity index (χ2n) is 5.70. The summed E-state index contributed by atoms with van der Waals surface area (Å²) >= 11 is 0.782. The lowest BCUT2D eigenvalue weighted by atomic mass is 10.1. The Balaban J connectivity index is 1.60. The molecule has 1 N–H and O–H groups in total. The van der Waals surface area contributed by atoms with Gasteiger partial charge in [-0.2, -0.15) is 0 Å². The molecule has 2 aromatic rings. The van der Waals surface area contributed by atoms with Gasteiger partial charge in [0.1, 0.15) is 5.25 Å². The average molecular weight is 368 g/mol. The fourth-order valence-corrected chi connectivity index (χ4v) is 3.52. The molecule has 0 bridgehead atoms. The first-order valence-electron chi connectivity index (χ1n) is 8.00. The number of ketones is 1. The Hall–Kier alpha value is -2.93. The van der Waals surface area contributed by atoms with Gasteiger partial charge in [-0.3, -0.25) is 24.1 Å². The van der Waals surface area contributed by atoms with Crippen LogP contribution in [-0.4, -0.2) is 39.5 Å². The number of carbonyl (C=O) groups is 4. The Labute approximate surface area is 154 Å². The molecule has 1 saturated heterocycles. The molecule has 1 atom stereocenters. The van der Waals surface area contributed by atoms with Gasteiger partial charge in [-0.25, -0.2) is 0 Å². The highest BCUT2D eigenvalue weighted by atomic mass is 32.2. The highest BCUT2D eigenvalue weighted by Gasteiger charge is 2.41. The maximum absolute atomic E-state index is 12.4. The summed E-state index contributed by atoms with van der Waals surface area (Å²) in [7, 11) is 0. The number of carbonyl (C=O) groups excluding carboxylic acids is 4. The number of nitrogens with zero attached hydrogens (tertiary/aromatic N) is 1. The van der Waals surface area contributed by atoms with Crippen LogP contribution in [0.4, 0.5) is 10.5 Å². The minimum absolute atomic E-state index is 0.125. The Morgan fingerprint density at radius 2 is 1.58 bits per heavy atom. The van der Waals surface area contributed by atoms with Crippen molar-refractivity contribution < 1.29 is 19.2 Å². The summed E-state index contributed by atoms with van der Waals surface area (Å²) in [5.41, 5.74) is 1.05. The zero-order valence-corrected chi connectivity index (χ0v) is 14.6. The van der Waals surface area contributed by atoms with E-state index in [-0.39, 0.29) is 24.7 Å². The number of hydrogen-bond acceptors (Lipinski definition) is 5. The molecule has 0 radical (unpaired) electrons. The van der Waals surface area contributed by atoms with E-state index in [0.717, 1.165) is 16.7 Å². The molecule has 132 valence electrons. The van der Waals surface area contributed by atoms with Crippen LogP contribution in [0.2, 0.25) is 0 Å². The molecule has 6 nitrogen and oxygen atoms in total. The van der Waals surface area contributed by atoms with E-state index >= 15 is 0 Å². The molecular formula is C19H16N2O4S. The normalized spacial score (nSPS) is 16.6. The van der Waals surface area contributed by atoms with Crippen LogP contribution in [0.15, 0.2) is 60.7 Å². The second-order valence-corrected chi connectivity index (χ2v) is 6.86. The van der Waals surface area contributed by atoms with Crippen molar-refractivity contribution >= 4 is 40.3 Å². The fourth-order valence-electron chi connectivity index (χ4n) is 2.53. The molecule has 0 aliphatic carbocycles. The molecular weight excluding hydrogens is 352 g/mol. The van der Waals surface area contributed by atoms with Gasteiger partial charge >= 0.3 is 0 Å². The molecule has 0 unspecified atom stereocenters. The maximum atomic E-state index is 12.4. The molecule has 0 aromatic heterocycles. The molecule has 1 aliphatic rings. The summed E-state index contributed by atoms with van der Waals surface area (Å²) in [5.74, 6) is -1.18. The molecule has 3 amide bonds. The number of thioether (sulfide) groups is 1. The number of nitrogens with one attached hydrogen (secondary N) is 1. The Bertz CT molecular complexity index is 839. The molecule has 7 heteroatoms. The second kappa shape index (κ2) is 7.97. The van der Waals surface area contributed by atoms with Crippen molar-refractivity contribution in [3.05, 3.63) is 66.2 Å². The van der Waals surface area contributed by atoms with Gasteiger partial charge in [0, 0.05) is 17.7 Å². The zero-order valence-electron chi connectivity index (χ0n) is 13.8. The van der Waals surface area contributed by atoms with Gasteiger partial charge in [-0.15, -0.1) is 0 Å². The quantitative estimate of drug-likeness (QED) is 0.793.